The van der Waals surface area contributed by atoms with Gasteiger partial charge in [-0.3, -0.25) is 0 Å². The van der Waals surface area contributed by atoms with E-state index in [1.54, 1.807) is 0 Å². The van der Waals surface area contributed by atoms with E-state index < -0.39 is 25.9 Å². The molecule has 0 unspecified atom stereocenters. The lowest BCUT2D eigenvalue weighted by Gasteiger charge is -2.24. The first-order valence-electron chi connectivity index (χ1n) is 4.97. The molecule has 0 bridgehead atoms. The average Bonchev–Trinajstić information content (AvgIpc) is 2.40. The van der Waals surface area contributed by atoms with Gasteiger partial charge in [0.2, 0.25) is 0 Å². The average molecular weight is 230 g/mol. The molecule has 0 radical (unpaired) electrons. The number of ether oxygens (including phenoxy) is 1. The van der Waals surface area contributed by atoms with Gasteiger partial charge >= 0.3 is 0 Å². The summed E-state index contributed by atoms with van der Waals surface area (Å²) in [5.74, 6) is 2.68. The molecule has 1 fully saturated rings. The minimum absolute atomic E-state index is 0.0160. The van der Waals surface area contributed by atoms with Gasteiger partial charge in [-0.25, -0.2) is 0 Å². The van der Waals surface area contributed by atoms with E-state index in [0.717, 1.165) is 0 Å². The van der Waals surface area contributed by atoms with Gasteiger partial charge in [0, 0.05) is 0 Å². The van der Waals surface area contributed by atoms with E-state index >= 15 is 0 Å². The third-order valence-electron chi connectivity index (χ3n) is 2.26. The van der Waals surface area contributed by atoms with Crippen molar-refractivity contribution < 1.29 is 20.1 Å². The van der Waals surface area contributed by atoms with Gasteiger partial charge in [-0.1, -0.05) is 25.6 Å². The van der Waals surface area contributed by atoms with Gasteiger partial charge in [0.1, 0.15) is 20.3 Å². The quantitative estimate of drug-likeness (QED) is 0.413. The Morgan fingerprint density at radius 1 is 1.47 bits per heavy atom. The second-order valence-corrected chi connectivity index (χ2v) is 9.60. The van der Waals surface area contributed by atoms with Crippen molar-refractivity contribution in [1.29, 1.82) is 0 Å². The number of aliphatic hydroxyl groups is 3. The Balaban J connectivity index is 2.91. The molecule has 3 atom stereocenters. The van der Waals surface area contributed by atoms with Gasteiger partial charge in [0.05, 0.1) is 13.2 Å². The van der Waals surface area contributed by atoms with Crippen LogP contribution in [0.5, 0.6) is 0 Å². The number of aliphatic hydroxyl groups excluding tert-OH is 2. The molecule has 15 heavy (non-hydrogen) atoms. The van der Waals surface area contributed by atoms with E-state index in [1.807, 2.05) is 19.6 Å². The van der Waals surface area contributed by atoms with Crippen LogP contribution in [0.4, 0.5) is 0 Å². The Hall–Kier alpha value is -0.383. The summed E-state index contributed by atoms with van der Waals surface area (Å²) in [4.78, 5) is 0. The van der Waals surface area contributed by atoms with Crippen LogP contribution in [0.15, 0.2) is 0 Å². The molecule has 0 aromatic carbocycles. The minimum atomic E-state index is -1.62. The monoisotopic (exact) mass is 230 g/mol. The van der Waals surface area contributed by atoms with Crippen molar-refractivity contribution in [3.05, 3.63) is 0 Å². The fraction of sp³-hybridized carbons (Fsp3) is 0.800. The number of hydrogen-bond donors (Lipinski definition) is 3. The van der Waals surface area contributed by atoms with Crippen LogP contribution in [0.25, 0.3) is 0 Å². The molecular weight excluding hydrogens is 212 g/mol. The highest BCUT2D eigenvalue weighted by atomic mass is 28.3. The fourth-order valence-electron chi connectivity index (χ4n) is 1.32. The van der Waals surface area contributed by atoms with Gasteiger partial charge in [-0.05, 0) is 0 Å². The zero-order valence-electron chi connectivity index (χ0n) is 9.32. The van der Waals surface area contributed by atoms with E-state index in [4.69, 9.17) is 9.84 Å². The molecule has 0 amide bonds. The third kappa shape index (κ3) is 2.80. The summed E-state index contributed by atoms with van der Waals surface area (Å²) < 4.78 is 5.06. The van der Waals surface area contributed by atoms with Crippen LogP contribution in [0.3, 0.4) is 0 Å². The molecule has 1 saturated heterocycles. The molecule has 1 aliphatic rings. The highest BCUT2D eigenvalue weighted by Crippen LogP contribution is 2.25. The topological polar surface area (TPSA) is 69.9 Å². The fourth-order valence-corrected chi connectivity index (χ4v) is 1.89. The molecule has 0 aliphatic carbocycles. The maximum Gasteiger partial charge on any atom is 0.181 e. The van der Waals surface area contributed by atoms with Gasteiger partial charge < -0.3 is 20.1 Å². The van der Waals surface area contributed by atoms with Crippen LogP contribution < -0.4 is 0 Å². The third-order valence-corrected chi connectivity index (χ3v) is 3.13. The van der Waals surface area contributed by atoms with Gasteiger partial charge in [-0.15, -0.1) is 5.54 Å². The molecule has 1 aliphatic heterocycles. The van der Waals surface area contributed by atoms with E-state index in [2.05, 4.69) is 11.5 Å². The first-order chi connectivity index (χ1) is 6.79. The van der Waals surface area contributed by atoms with Crippen LogP contribution in [-0.2, 0) is 4.74 Å². The molecular formula is C10H18O4Si. The van der Waals surface area contributed by atoms with Crippen LogP contribution in [0.2, 0.25) is 19.6 Å². The van der Waals surface area contributed by atoms with Crippen molar-refractivity contribution in [1.82, 2.24) is 0 Å². The second-order valence-electron chi connectivity index (χ2n) is 4.85. The Morgan fingerprint density at radius 2 is 2.07 bits per heavy atom. The summed E-state index contributed by atoms with van der Waals surface area (Å²) in [6.45, 7) is 5.80. The molecule has 5 heteroatoms. The standard InChI is InChI=1S/C10H18O4Si/c1-15(2,3)5-4-10(13)8(12)7-14-9(10)6-11/h8-9,11-13H,6-7H2,1-3H3/t8-,9+,10-/m0/s1. The van der Waals surface area contributed by atoms with Crippen LogP contribution in [0, 0.1) is 11.5 Å². The van der Waals surface area contributed by atoms with Gasteiger partial charge in [0.15, 0.2) is 5.60 Å². The molecule has 86 valence electrons. The van der Waals surface area contributed by atoms with Crippen molar-refractivity contribution in [2.45, 2.75) is 37.5 Å². The summed E-state index contributed by atoms with van der Waals surface area (Å²) in [7, 11) is -1.61. The predicted molar refractivity (Wildman–Crippen MR) is 58.9 cm³/mol. The van der Waals surface area contributed by atoms with Crippen molar-refractivity contribution in [2.75, 3.05) is 13.2 Å². The molecule has 1 rings (SSSR count). The van der Waals surface area contributed by atoms with Crippen LogP contribution in [-0.4, -0.2) is 54.4 Å². The summed E-state index contributed by atoms with van der Waals surface area (Å²) >= 11 is 0. The van der Waals surface area contributed by atoms with E-state index in [-0.39, 0.29) is 13.2 Å². The first-order valence-corrected chi connectivity index (χ1v) is 8.47. The highest BCUT2D eigenvalue weighted by Gasteiger charge is 2.48. The summed E-state index contributed by atoms with van der Waals surface area (Å²) in [5.41, 5.74) is 1.37. The van der Waals surface area contributed by atoms with E-state index in [9.17, 15) is 10.2 Å². The maximum absolute atomic E-state index is 10.1. The summed E-state index contributed by atoms with van der Waals surface area (Å²) in [6.07, 6.45) is -1.85. The van der Waals surface area contributed by atoms with Crippen molar-refractivity contribution in [3.8, 4) is 11.5 Å². The lowest BCUT2D eigenvalue weighted by atomic mass is 9.95. The molecule has 0 saturated carbocycles. The van der Waals surface area contributed by atoms with Crippen molar-refractivity contribution in [2.24, 2.45) is 0 Å². The largest absolute Gasteiger partial charge is 0.394 e. The van der Waals surface area contributed by atoms with Crippen LogP contribution in [0.1, 0.15) is 0 Å². The van der Waals surface area contributed by atoms with Crippen molar-refractivity contribution >= 4 is 8.07 Å². The lowest BCUT2D eigenvalue weighted by Crippen LogP contribution is -2.47. The van der Waals surface area contributed by atoms with Crippen LogP contribution >= 0.6 is 0 Å². The highest BCUT2D eigenvalue weighted by molar-refractivity contribution is 6.83. The Labute approximate surface area is 90.9 Å². The zero-order chi connectivity index (χ0) is 11.7. The first kappa shape index (κ1) is 12.7. The van der Waals surface area contributed by atoms with Crippen molar-refractivity contribution in [3.63, 3.8) is 0 Å². The molecule has 3 N–H and O–H groups in total. The maximum atomic E-state index is 10.1. The Bertz CT molecular complexity index is 288. The van der Waals surface area contributed by atoms with Gasteiger partial charge in [-0.2, -0.15) is 0 Å². The Morgan fingerprint density at radius 3 is 2.53 bits per heavy atom. The van der Waals surface area contributed by atoms with E-state index in [0.29, 0.717) is 0 Å². The normalized spacial score (nSPS) is 36.1. The smallest absolute Gasteiger partial charge is 0.181 e. The summed E-state index contributed by atoms with van der Waals surface area (Å²) in [6, 6.07) is 0. The second kappa shape index (κ2) is 4.24. The molecule has 0 spiro atoms. The SMILES string of the molecule is C[Si](C)(C)C#C[C@]1(O)[C@@H](O)CO[C@@H]1CO. The summed E-state index contributed by atoms with van der Waals surface area (Å²) in [5, 5.41) is 28.7. The minimum Gasteiger partial charge on any atom is -0.394 e. The molecule has 1 heterocycles. The van der Waals surface area contributed by atoms with Gasteiger partial charge in [0.25, 0.3) is 0 Å². The molecule has 0 aromatic heterocycles. The number of hydrogen-bond acceptors (Lipinski definition) is 4. The zero-order valence-corrected chi connectivity index (χ0v) is 10.3. The van der Waals surface area contributed by atoms with E-state index in [1.165, 1.54) is 0 Å². The lowest BCUT2D eigenvalue weighted by molar-refractivity contribution is -0.0515. The Kier molecular flexibility index (Phi) is 3.58. The molecule has 4 nitrogen and oxygen atoms in total. The molecule has 0 aromatic rings. The number of rotatable bonds is 1. The predicted octanol–water partition coefficient (Wildman–Crippen LogP) is -0.650.